The molecule has 0 bridgehead atoms. The third-order valence-electron chi connectivity index (χ3n) is 4.28. The maximum absolute atomic E-state index is 12.1. The van der Waals surface area contributed by atoms with Crippen LogP contribution in [0.3, 0.4) is 0 Å². The maximum atomic E-state index is 12.1. The standard InChI is InChI=1S/C16H19N3O/c20-16(17-12-6-7-12)11-5-8-14-13(10-11)18-15-4-2-1-3-9-19(14)15/h5,8,10,12H,1-4,6-7,9H2,(H,17,20). The summed E-state index contributed by atoms with van der Waals surface area (Å²) in [6, 6.07) is 6.32. The molecule has 2 aliphatic rings. The summed E-state index contributed by atoms with van der Waals surface area (Å²) < 4.78 is 2.32. The van der Waals surface area contributed by atoms with E-state index in [1.54, 1.807) is 0 Å². The van der Waals surface area contributed by atoms with E-state index in [1.165, 1.54) is 30.6 Å². The molecule has 1 aromatic heterocycles. The summed E-state index contributed by atoms with van der Waals surface area (Å²) in [4.78, 5) is 16.8. The molecule has 104 valence electrons. The minimum atomic E-state index is 0.0394. The van der Waals surface area contributed by atoms with Gasteiger partial charge in [-0.2, -0.15) is 0 Å². The number of nitrogens with one attached hydrogen (secondary N) is 1. The van der Waals surface area contributed by atoms with Gasteiger partial charge < -0.3 is 9.88 Å². The van der Waals surface area contributed by atoms with E-state index in [1.807, 2.05) is 12.1 Å². The van der Waals surface area contributed by atoms with Gasteiger partial charge in [-0.15, -0.1) is 0 Å². The number of benzene rings is 1. The molecule has 1 aliphatic heterocycles. The monoisotopic (exact) mass is 269 g/mol. The highest BCUT2D eigenvalue weighted by Gasteiger charge is 2.24. The van der Waals surface area contributed by atoms with Crippen LogP contribution >= 0.6 is 0 Å². The first-order valence-corrected chi connectivity index (χ1v) is 7.61. The van der Waals surface area contributed by atoms with Crippen LogP contribution in [0.5, 0.6) is 0 Å². The zero-order valence-corrected chi connectivity index (χ0v) is 11.6. The van der Waals surface area contributed by atoms with Crippen molar-refractivity contribution in [2.45, 2.75) is 51.1 Å². The number of fused-ring (bicyclic) bond motifs is 3. The predicted molar refractivity (Wildman–Crippen MR) is 77.8 cm³/mol. The van der Waals surface area contributed by atoms with Gasteiger partial charge in [0.2, 0.25) is 0 Å². The van der Waals surface area contributed by atoms with Gasteiger partial charge in [0.1, 0.15) is 5.82 Å². The normalized spacial score (nSPS) is 18.6. The second-order valence-electron chi connectivity index (χ2n) is 5.94. The first-order chi connectivity index (χ1) is 9.81. The molecule has 1 saturated carbocycles. The van der Waals surface area contributed by atoms with E-state index >= 15 is 0 Å². The van der Waals surface area contributed by atoms with Gasteiger partial charge in [-0.25, -0.2) is 4.98 Å². The van der Waals surface area contributed by atoms with Crippen molar-refractivity contribution in [2.24, 2.45) is 0 Å². The summed E-state index contributed by atoms with van der Waals surface area (Å²) in [5, 5.41) is 3.03. The summed E-state index contributed by atoms with van der Waals surface area (Å²) >= 11 is 0. The lowest BCUT2D eigenvalue weighted by Crippen LogP contribution is -2.25. The molecule has 0 spiro atoms. The fourth-order valence-electron chi connectivity index (χ4n) is 2.99. The van der Waals surface area contributed by atoms with Crippen LogP contribution < -0.4 is 5.32 Å². The van der Waals surface area contributed by atoms with Gasteiger partial charge in [-0.05, 0) is 43.9 Å². The Morgan fingerprint density at radius 1 is 1.25 bits per heavy atom. The molecule has 0 radical (unpaired) electrons. The number of nitrogens with zero attached hydrogens (tertiary/aromatic N) is 2. The molecule has 1 amide bonds. The lowest BCUT2D eigenvalue weighted by molar-refractivity contribution is 0.0951. The van der Waals surface area contributed by atoms with Crippen molar-refractivity contribution in [3.8, 4) is 0 Å². The van der Waals surface area contributed by atoms with Gasteiger partial charge in [0.25, 0.3) is 5.91 Å². The molecular weight excluding hydrogens is 250 g/mol. The third-order valence-corrected chi connectivity index (χ3v) is 4.28. The van der Waals surface area contributed by atoms with E-state index < -0.39 is 0 Å². The Labute approximate surface area is 118 Å². The van der Waals surface area contributed by atoms with Crippen molar-refractivity contribution in [3.63, 3.8) is 0 Å². The van der Waals surface area contributed by atoms with Crippen molar-refractivity contribution in [2.75, 3.05) is 0 Å². The summed E-state index contributed by atoms with van der Waals surface area (Å²) in [7, 11) is 0. The Hall–Kier alpha value is -1.84. The van der Waals surface area contributed by atoms with Gasteiger partial charge in [-0.3, -0.25) is 4.79 Å². The molecule has 4 rings (SSSR count). The molecule has 1 aliphatic carbocycles. The molecule has 20 heavy (non-hydrogen) atoms. The molecule has 0 unspecified atom stereocenters. The van der Waals surface area contributed by atoms with Crippen LogP contribution in [0.15, 0.2) is 18.2 Å². The number of carbonyl (C=O) groups excluding carboxylic acids is 1. The van der Waals surface area contributed by atoms with E-state index in [4.69, 9.17) is 4.98 Å². The van der Waals surface area contributed by atoms with Crippen molar-refractivity contribution in [1.29, 1.82) is 0 Å². The van der Waals surface area contributed by atoms with Crippen LogP contribution in [0, 0.1) is 0 Å². The average molecular weight is 269 g/mol. The van der Waals surface area contributed by atoms with Crippen molar-refractivity contribution in [1.82, 2.24) is 14.9 Å². The number of rotatable bonds is 2. The molecule has 2 heterocycles. The Balaban J connectivity index is 1.70. The minimum absolute atomic E-state index is 0.0394. The van der Waals surface area contributed by atoms with E-state index in [9.17, 15) is 4.79 Å². The maximum Gasteiger partial charge on any atom is 0.251 e. The molecular formula is C16H19N3O. The number of carbonyl (C=O) groups is 1. The van der Waals surface area contributed by atoms with Gasteiger partial charge >= 0.3 is 0 Å². The zero-order chi connectivity index (χ0) is 13.5. The van der Waals surface area contributed by atoms with Crippen LogP contribution in [0.25, 0.3) is 11.0 Å². The number of hydrogen-bond donors (Lipinski definition) is 1. The number of aromatic nitrogens is 2. The van der Waals surface area contributed by atoms with Gasteiger partial charge in [0.15, 0.2) is 0 Å². The highest BCUT2D eigenvalue weighted by atomic mass is 16.1. The highest BCUT2D eigenvalue weighted by Crippen LogP contribution is 2.24. The SMILES string of the molecule is O=C(NC1CC1)c1ccc2c(c1)nc1n2CCCCC1. The molecule has 0 atom stereocenters. The minimum Gasteiger partial charge on any atom is -0.349 e. The Kier molecular flexibility index (Phi) is 2.76. The molecule has 1 N–H and O–H groups in total. The molecule has 2 aromatic rings. The lowest BCUT2D eigenvalue weighted by atomic mass is 10.2. The zero-order valence-electron chi connectivity index (χ0n) is 11.6. The number of aryl methyl sites for hydroxylation is 2. The van der Waals surface area contributed by atoms with E-state index in [0.29, 0.717) is 6.04 Å². The van der Waals surface area contributed by atoms with Gasteiger partial charge in [0, 0.05) is 24.6 Å². The van der Waals surface area contributed by atoms with Crippen molar-refractivity contribution >= 4 is 16.9 Å². The third kappa shape index (κ3) is 2.09. The first-order valence-electron chi connectivity index (χ1n) is 7.61. The highest BCUT2D eigenvalue weighted by molar-refractivity contribution is 5.97. The molecule has 4 nitrogen and oxygen atoms in total. The number of hydrogen-bond acceptors (Lipinski definition) is 2. The largest absolute Gasteiger partial charge is 0.349 e. The second-order valence-corrected chi connectivity index (χ2v) is 5.94. The molecule has 1 fully saturated rings. The summed E-state index contributed by atoms with van der Waals surface area (Å²) in [5.74, 6) is 1.22. The molecule has 1 aromatic carbocycles. The number of imidazole rings is 1. The first kappa shape index (κ1) is 11.9. The Bertz CT molecular complexity index is 670. The summed E-state index contributed by atoms with van der Waals surface area (Å²) in [5.41, 5.74) is 2.87. The Morgan fingerprint density at radius 3 is 3.00 bits per heavy atom. The van der Waals surface area contributed by atoms with E-state index in [-0.39, 0.29) is 5.91 Å². The average Bonchev–Trinajstić information content (AvgIpc) is 3.23. The predicted octanol–water partition coefficient (Wildman–Crippen LogP) is 2.65. The van der Waals surface area contributed by atoms with Crippen LogP contribution in [0.4, 0.5) is 0 Å². The summed E-state index contributed by atoms with van der Waals surface area (Å²) in [6.45, 7) is 1.06. The van der Waals surface area contributed by atoms with Crippen LogP contribution in [0.1, 0.15) is 48.3 Å². The quantitative estimate of drug-likeness (QED) is 0.911. The van der Waals surface area contributed by atoms with Gasteiger partial charge in [0.05, 0.1) is 11.0 Å². The smallest absolute Gasteiger partial charge is 0.251 e. The fraction of sp³-hybridized carbons (Fsp3) is 0.500. The van der Waals surface area contributed by atoms with Crippen molar-refractivity contribution < 1.29 is 4.79 Å². The number of amides is 1. The summed E-state index contributed by atoms with van der Waals surface area (Å²) in [6.07, 6.45) is 7.02. The molecule has 0 saturated heterocycles. The van der Waals surface area contributed by atoms with Crippen molar-refractivity contribution in [3.05, 3.63) is 29.6 Å². The van der Waals surface area contributed by atoms with Crippen LogP contribution in [0.2, 0.25) is 0 Å². The van der Waals surface area contributed by atoms with E-state index in [0.717, 1.165) is 36.9 Å². The molecule has 4 heteroatoms. The van der Waals surface area contributed by atoms with E-state index in [2.05, 4.69) is 16.0 Å². The fourth-order valence-corrected chi connectivity index (χ4v) is 2.99. The second kappa shape index (κ2) is 4.62. The topological polar surface area (TPSA) is 46.9 Å². The van der Waals surface area contributed by atoms with Crippen LogP contribution in [-0.4, -0.2) is 21.5 Å². The lowest BCUT2D eigenvalue weighted by Gasteiger charge is -2.05. The van der Waals surface area contributed by atoms with Crippen LogP contribution in [-0.2, 0) is 13.0 Å². The van der Waals surface area contributed by atoms with Gasteiger partial charge in [-0.1, -0.05) is 6.42 Å². The Morgan fingerprint density at radius 2 is 2.15 bits per heavy atom.